The topological polar surface area (TPSA) is 71.0 Å². The fraction of sp³-hybridized carbons (Fsp3) is 0.333. The first-order chi connectivity index (χ1) is 15.1. The molecule has 3 aromatic rings. The molecule has 1 aliphatic heterocycles. The number of hydrogen-bond acceptors (Lipinski definition) is 5. The lowest BCUT2D eigenvalue weighted by molar-refractivity contribution is -0.132. The first-order valence-corrected chi connectivity index (χ1v) is 10.7. The van der Waals surface area contributed by atoms with Crippen LogP contribution in [0.25, 0.3) is 11.3 Å². The highest BCUT2D eigenvalue weighted by molar-refractivity contribution is 5.76. The van der Waals surface area contributed by atoms with Gasteiger partial charge in [0.05, 0.1) is 5.69 Å². The van der Waals surface area contributed by atoms with Gasteiger partial charge >= 0.3 is 0 Å². The van der Waals surface area contributed by atoms with Crippen molar-refractivity contribution in [2.24, 2.45) is 0 Å². The molecule has 1 amide bonds. The molecule has 1 aromatic carbocycles. The van der Waals surface area contributed by atoms with Gasteiger partial charge in [-0.1, -0.05) is 13.0 Å². The lowest BCUT2D eigenvalue weighted by Crippen LogP contribution is -2.39. The number of amides is 1. The monoisotopic (exact) mass is 419 g/mol. The first-order valence-electron chi connectivity index (χ1n) is 10.7. The van der Waals surface area contributed by atoms with E-state index in [1.807, 2.05) is 30.0 Å². The number of likely N-dealkylation sites (tertiary alicyclic amines) is 1. The number of halogens is 1. The van der Waals surface area contributed by atoms with Gasteiger partial charge in [0.1, 0.15) is 17.5 Å². The van der Waals surface area contributed by atoms with E-state index < -0.39 is 0 Å². The lowest BCUT2D eigenvalue weighted by Gasteiger charge is -2.32. The summed E-state index contributed by atoms with van der Waals surface area (Å²) in [4.78, 5) is 28.1. The van der Waals surface area contributed by atoms with Crippen LogP contribution in [0.15, 0.2) is 54.9 Å². The van der Waals surface area contributed by atoms with Crippen LogP contribution in [0.3, 0.4) is 0 Å². The average Bonchev–Trinajstić information content (AvgIpc) is 2.80. The molecular formula is C24H26FN5O. The predicted molar refractivity (Wildman–Crippen MR) is 118 cm³/mol. The summed E-state index contributed by atoms with van der Waals surface area (Å²) in [6, 6.07) is 11.9. The molecule has 1 atom stereocenters. The Hall–Kier alpha value is -3.35. The SMILES string of the molecule is CCCC(=O)N1CCC[C@@H](c2nc(Nc3cccc(F)c3)cc(-c3cccnc3)n2)C1. The van der Waals surface area contributed by atoms with Crippen LogP contribution in [-0.4, -0.2) is 38.8 Å². The van der Waals surface area contributed by atoms with E-state index in [1.54, 1.807) is 24.5 Å². The molecule has 0 bridgehead atoms. The van der Waals surface area contributed by atoms with Crippen LogP contribution in [0.2, 0.25) is 0 Å². The van der Waals surface area contributed by atoms with E-state index >= 15 is 0 Å². The number of carbonyl (C=O) groups excluding carboxylic acids is 1. The molecule has 1 aliphatic rings. The van der Waals surface area contributed by atoms with Crippen molar-refractivity contribution in [3.8, 4) is 11.3 Å². The number of carbonyl (C=O) groups is 1. The fourth-order valence-corrected chi connectivity index (χ4v) is 3.88. The zero-order valence-electron chi connectivity index (χ0n) is 17.6. The van der Waals surface area contributed by atoms with E-state index in [-0.39, 0.29) is 17.6 Å². The summed E-state index contributed by atoms with van der Waals surface area (Å²) >= 11 is 0. The molecule has 0 unspecified atom stereocenters. The maximum Gasteiger partial charge on any atom is 0.222 e. The van der Waals surface area contributed by atoms with Crippen LogP contribution < -0.4 is 5.32 Å². The van der Waals surface area contributed by atoms with Crippen LogP contribution >= 0.6 is 0 Å². The highest BCUT2D eigenvalue weighted by atomic mass is 19.1. The third-order valence-corrected chi connectivity index (χ3v) is 5.40. The Balaban J connectivity index is 1.67. The molecule has 0 spiro atoms. The van der Waals surface area contributed by atoms with Crippen LogP contribution in [0.5, 0.6) is 0 Å². The van der Waals surface area contributed by atoms with Crippen molar-refractivity contribution in [1.82, 2.24) is 19.9 Å². The molecule has 4 rings (SSSR count). The Morgan fingerprint density at radius 3 is 2.90 bits per heavy atom. The van der Waals surface area contributed by atoms with Gasteiger partial charge in [-0.2, -0.15) is 0 Å². The van der Waals surface area contributed by atoms with Gasteiger partial charge < -0.3 is 10.2 Å². The van der Waals surface area contributed by atoms with Gasteiger partial charge in [-0.3, -0.25) is 9.78 Å². The molecule has 2 aromatic heterocycles. The number of benzene rings is 1. The Bertz CT molecular complexity index is 1040. The van der Waals surface area contributed by atoms with Gasteiger partial charge in [-0.25, -0.2) is 14.4 Å². The molecule has 0 radical (unpaired) electrons. The number of piperidine rings is 1. The molecule has 0 aliphatic carbocycles. The molecule has 6 nitrogen and oxygen atoms in total. The zero-order valence-corrected chi connectivity index (χ0v) is 17.6. The van der Waals surface area contributed by atoms with Crippen LogP contribution in [0.1, 0.15) is 44.3 Å². The maximum atomic E-state index is 13.6. The van der Waals surface area contributed by atoms with Crippen molar-refractivity contribution in [1.29, 1.82) is 0 Å². The van der Waals surface area contributed by atoms with Gasteiger partial charge in [0.2, 0.25) is 5.91 Å². The molecule has 3 heterocycles. The van der Waals surface area contributed by atoms with Crippen molar-refractivity contribution in [2.45, 2.75) is 38.5 Å². The second-order valence-electron chi connectivity index (χ2n) is 7.80. The maximum absolute atomic E-state index is 13.6. The van der Waals surface area contributed by atoms with E-state index in [0.717, 1.165) is 37.1 Å². The zero-order chi connectivity index (χ0) is 21.6. The average molecular weight is 420 g/mol. The van der Waals surface area contributed by atoms with Gasteiger partial charge in [0.15, 0.2) is 0 Å². The minimum Gasteiger partial charge on any atom is -0.342 e. The quantitative estimate of drug-likeness (QED) is 0.614. The molecule has 160 valence electrons. The summed E-state index contributed by atoms with van der Waals surface area (Å²) in [6.07, 6.45) is 6.73. The summed E-state index contributed by atoms with van der Waals surface area (Å²) in [5.74, 6) is 1.21. The van der Waals surface area contributed by atoms with Gasteiger partial charge in [0, 0.05) is 55.1 Å². The number of hydrogen-bond donors (Lipinski definition) is 1. The largest absolute Gasteiger partial charge is 0.342 e. The van der Waals surface area contributed by atoms with Crippen molar-refractivity contribution >= 4 is 17.4 Å². The van der Waals surface area contributed by atoms with E-state index in [9.17, 15) is 9.18 Å². The predicted octanol–water partition coefficient (Wildman–Crippen LogP) is 4.93. The lowest BCUT2D eigenvalue weighted by atomic mass is 9.96. The molecular weight excluding hydrogens is 393 g/mol. The Morgan fingerprint density at radius 1 is 1.23 bits per heavy atom. The second kappa shape index (κ2) is 9.64. The second-order valence-corrected chi connectivity index (χ2v) is 7.80. The minimum atomic E-state index is -0.316. The smallest absolute Gasteiger partial charge is 0.222 e. The van der Waals surface area contributed by atoms with Gasteiger partial charge in [0.25, 0.3) is 0 Å². The van der Waals surface area contributed by atoms with E-state index in [4.69, 9.17) is 9.97 Å². The number of anilines is 2. The molecule has 1 N–H and O–H groups in total. The molecule has 31 heavy (non-hydrogen) atoms. The first kappa shape index (κ1) is 20.9. The Labute approximate surface area is 181 Å². The van der Waals surface area contributed by atoms with Crippen LogP contribution in [0, 0.1) is 5.82 Å². The summed E-state index contributed by atoms with van der Waals surface area (Å²) in [7, 11) is 0. The minimum absolute atomic E-state index is 0.0548. The van der Waals surface area contributed by atoms with E-state index in [1.165, 1.54) is 12.1 Å². The van der Waals surface area contributed by atoms with Crippen molar-refractivity contribution in [2.75, 3.05) is 18.4 Å². The van der Waals surface area contributed by atoms with Gasteiger partial charge in [-0.05, 0) is 49.6 Å². The highest BCUT2D eigenvalue weighted by Crippen LogP contribution is 2.29. The number of rotatable bonds is 6. The van der Waals surface area contributed by atoms with E-state index in [0.29, 0.717) is 30.3 Å². The third kappa shape index (κ3) is 5.23. The Kier molecular flexibility index (Phi) is 6.50. The van der Waals surface area contributed by atoms with Crippen molar-refractivity contribution in [3.05, 3.63) is 66.5 Å². The summed E-state index contributed by atoms with van der Waals surface area (Å²) in [5, 5.41) is 3.20. The van der Waals surface area contributed by atoms with Crippen molar-refractivity contribution < 1.29 is 9.18 Å². The molecule has 7 heteroatoms. The standard InChI is InChI=1S/C24H26FN5O/c1-2-6-23(31)30-12-5-8-18(16-30)24-28-21(17-7-4-11-26-15-17)14-22(29-24)27-20-10-3-9-19(25)13-20/h3-4,7,9-11,13-15,18H,2,5-6,8,12,16H2,1H3,(H,27,28,29)/t18-/m1/s1. The van der Waals surface area contributed by atoms with Crippen LogP contribution in [-0.2, 0) is 4.79 Å². The molecule has 0 saturated carbocycles. The summed E-state index contributed by atoms with van der Waals surface area (Å²) in [6.45, 7) is 3.42. The highest BCUT2D eigenvalue weighted by Gasteiger charge is 2.27. The Morgan fingerprint density at radius 2 is 2.13 bits per heavy atom. The molecule has 1 fully saturated rings. The van der Waals surface area contributed by atoms with Gasteiger partial charge in [-0.15, -0.1) is 0 Å². The number of pyridine rings is 1. The third-order valence-electron chi connectivity index (χ3n) is 5.40. The normalized spacial score (nSPS) is 16.2. The summed E-state index contributed by atoms with van der Waals surface area (Å²) < 4.78 is 13.6. The van der Waals surface area contributed by atoms with E-state index in [2.05, 4.69) is 10.3 Å². The van der Waals surface area contributed by atoms with Crippen molar-refractivity contribution in [3.63, 3.8) is 0 Å². The number of nitrogens with one attached hydrogen (secondary N) is 1. The number of nitrogens with zero attached hydrogens (tertiary/aromatic N) is 4. The number of aromatic nitrogens is 3. The molecule has 1 saturated heterocycles. The summed E-state index contributed by atoms with van der Waals surface area (Å²) in [5.41, 5.74) is 2.24. The van der Waals surface area contributed by atoms with Crippen LogP contribution in [0.4, 0.5) is 15.9 Å². The fourth-order valence-electron chi connectivity index (χ4n) is 3.88.